The van der Waals surface area contributed by atoms with Crippen LogP contribution in [0.4, 0.5) is 0 Å². The van der Waals surface area contributed by atoms with Gasteiger partial charge < -0.3 is 0 Å². The number of benzene rings is 1. The van der Waals surface area contributed by atoms with E-state index in [1.807, 2.05) is 0 Å². The summed E-state index contributed by atoms with van der Waals surface area (Å²) in [7, 11) is 0. The van der Waals surface area contributed by atoms with Gasteiger partial charge in [0.1, 0.15) is 0 Å². The van der Waals surface area contributed by atoms with Gasteiger partial charge in [0.15, 0.2) is 0 Å². The molecule has 0 fully saturated rings. The average Bonchev–Trinajstić information content (AvgIpc) is 2.60. The molecule has 0 amide bonds. The van der Waals surface area contributed by atoms with Crippen LogP contribution < -0.4 is 0 Å². The van der Waals surface area contributed by atoms with Crippen molar-refractivity contribution in [3.05, 3.63) is 35.9 Å². The van der Waals surface area contributed by atoms with E-state index in [9.17, 15) is 5.11 Å². The fourth-order valence-electron chi connectivity index (χ4n) is 3.72. The van der Waals surface area contributed by atoms with Gasteiger partial charge in [-0.15, -0.1) is 0 Å². The van der Waals surface area contributed by atoms with Crippen molar-refractivity contribution in [2.24, 2.45) is 0 Å². The first-order valence-corrected chi connectivity index (χ1v) is 17.6. The minimum atomic E-state index is -2.44. The van der Waals surface area contributed by atoms with Crippen LogP contribution in [0.1, 0.15) is 71.3 Å². The third-order valence-electron chi connectivity index (χ3n) is 5.34. The number of aliphatic hydroxyl groups excluding tert-OH is 1. The fourth-order valence-corrected chi connectivity index (χ4v) is 19.9. The van der Waals surface area contributed by atoms with Crippen molar-refractivity contribution < 1.29 is 5.11 Å². The first-order valence-electron chi connectivity index (χ1n) is 9.90. The number of unbranched alkanes of at least 4 members (excludes halogenated alkanes) is 3. The zero-order chi connectivity index (χ0) is 17.0. The van der Waals surface area contributed by atoms with Crippen molar-refractivity contribution in [2.75, 3.05) is 0 Å². The van der Waals surface area contributed by atoms with Crippen LogP contribution in [0.2, 0.25) is 13.3 Å². The summed E-state index contributed by atoms with van der Waals surface area (Å²) >= 11 is -2.44. The van der Waals surface area contributed by atoms with Crippen LogP contribution in [0.25, 0.3) is 0 Å². The molecule has 0 saturated heterocycles. The topological polar surface area (TPSA) is 20.2 Å². The Labute approximate surface area is 148 Å². The van der Waals surface area contributed by atoms with E-state index in [0.29, 0.717) is 0 Å². The zero-order valence-electron chi connectivity index (χ0n) is 15.7. The summed E-state index contributed by atoms with van der Waals surface area (Å²) in [4.78, 5) is 0. The van der Waals surface area contributed by atoms with E-state index >= 15 is 0 Å². The SMILES string of the molecule is CCC[CH2][Sn]([CH2]CCC)([CH2]CCC)[C@H](O)CCc1ccccc1. The Hall–Kier alpha value is -0.0213. The molecule has 0 heterocycles. The fraction of sp³-hybridized carbons (Fsp3) is 0.714. The number of aliphatic hydroxyl groups is 1. The number of rotatable bonds is 13. The van der Waals surface area contributed by atoms with E-state index in [0.717, 1.165) is 12.8 Å². The van der Waals surface area contributed by atoms with Crippen molar-refractivity contribution >= 4 is 18.4 Å². The molecule has 0 aliphatic rings. The maximum absolute atomic E-state index is 11.2. The Bertz CT molecular complexity index is 368. The normalized spacial score (nSPS) is 13.2. The Morgan fingerprint density at radius 1 is 0.826 bits per heavy atom. The monoisotopic (exact) mass is 426 g/mol. The molecule has 1 rings (SSSR count). The van der Waals surface area contributed by atoms with Gasteiger partial charge >= 0.3 is 149 Å². The molecular weight excluding hydrogens is 387 g/mol. The Morgan fingerprint density at radius 2 is 1.30 bits per heavy atom. The molecule has 0 spiro atoms. The van der Waals surface area contributed by atoms with Gasteiger partial charge in [0.25, 0.3) is 0 Å². The Balaban J connectivity index is 2.75. The van der Waals surface area contributed by atoms with E-state index in [1.165, 1.54) is 57.4 Å². The predicted molar refractivity (Wildman–Crippen MR) is 106 cm³/mol. The second-order valence-electron chi connectivity index (χ2n) is 7.21. The molecular formula is C21H38OSn. The average molecular weight is 425 g/mol. The van der Waals surface area contributed by atoms with Crippen LogP contribution in [0, 0.1) is 0 Å². The summed E-state index contributed by atoms with van der Waals surface area (Å²) in [5.41, 5.74) is 1.38. The summed E-state index contributed by atoms with van der Waals surface area (Å²) in [6.07, 6.45) is 9.90. The second-order valence-corrected chi connectivity index (χ2v) is 21.2. The van der Waals surface area contributed by atoms with Crippen molar-refractivity contribution in [3.8, 4) is 0 Å². The second kappa shape index (κ2) is 12.4. The molecule has 1 aromatic carbocycles. The minimum absolute atomic E-state index is 0.0501. The molecule has 0 aliphatic heterocycles. The molecule has 1 aromatic rings. The van der Waals surface area contributed by atoms with Gasteiger partial charge in [0.2, 0.25) is 0 Å². The van der Waals surface area contributed by atoms with Crippen molar-refractivity contribution in [1.82, 2.24) is 0 Å². The number of hydrogen-bond donors (Lipinski definition) is 1. The first-order chi connectivity index (χ1) is 11.2. The van der Waals surface area contributed by atoms with E-state index in [2.05, 4.69) is 51.1 Å². The maximum atomic E-state index is 11.2. The van der Waals surface area contributed by atoms with Gasteiger partial charge in [-0.2, -0.15) is 0 Å². The summed E-state index contributed by atoms with van der Waals surface area (Å²) in [6, 6.07) is 10.7. The molecule has 1 N–H and O–H groups in total. The van der Waals surface area contributed by atoms with Gasteiger partial charge in [-0.25, -0.2) is 0 Å². The van der Waals surface area contributed by atoms with Crippen LogP contribution in [0.5, 0.6) is 0 Å². The molecule has 132 valence electrons. The van der Waals surface area contributed by atoms with Crippen molar-refractivity contribution in [1.29, 1.82) is 0 Å². The van der Waals surface area contributed by atoms with Crippen molar-refractivity contribution in [3.63, 3.8) is 0 Å². The van der Waals surface area contributed by atoms with Crippen LogP contribution in [-0.2, 0) is 6.42 Å². The Morgan fingerprint density at radius 3 is 1.74 bits per heavy atom. The van der Waals surface area contributed by atoms with Crippen LogP contribution in [0.3, 0.4) is 0 Å². The summed E-state index contributed by atoms with van der Waals surface area (Å²) in [5.74, 6) is 0. The molecule has 0 radical (unpaired) electrons. The van der Waals surface area contributed by atoms with Crippen LogP contribution in [0.15, 0.2) is 30.3 Å². The van der Waals surface area contributed by atoms with Gasteiger partial charge in [-0.05, 0) is 0 Å². The van der Waals surface area contributed by atoms with Crippen LogP contribution in [-0.4, -0.2) is 27.6 Å². The number of aryl methyl sites for hydroxylation is 1. The summed E-state index contributed by atoms with van der Waals surface area (Å²) in [6.45, 7) is 6.89. The third kappa shape index (κ3) is 7.60. The molecule has 0 aromatic heterocycles. The van der Waals surface area contributed by atoms with E-state index in [1.54, 1.807) is 0 Å². The van der Waals surface area contributed by atoms with Gasteiger partial charge in [-0.3, -0.25) is 0 Å². The van der Waals surface area contributed by atoms with E-state index in [-0.39, 0.29) is 4.12 Å². The van der Waals surface area contributed by atoms with Gasteiger partial charge in [0.05, 0.1) is 0 Å². The predicted octanol–water partition coefficient (Wildman–Crippen LogP) is 6.37. The molecule has 0 bridgehead atoms. The van der Waals surface area contributed by atoms with E-state index in [4.69, 9.17) is 0 Å². The molecule has 0 saturated carbocycles. The first kappa shape index (κ1) is 21.0. The number of hydrogen-bond acceptors (Lipinski definition) is 1. The van der Waals surface area contributed by atoms with Gasteiger partial charge in [0, 0.05) is 0 Å². The molecule has 1 atom stereocenters. The molecule has 23 heavy (non-hydrogen) atoms. The molecule has 1 nitrogen and oxygen atoms in total. The zero-order valence-corrected chi connectivity index (χ0v) is 18.5. The van der Waals surface area contributed by atoms with Gasteiger partial charge in [-0.1, -0.05) is 0 Å². The molecule has 2 heteroatoms. The summed E-state index contributed by atoms with van der Waals surface area (Å²) in [5, 5.41) is 11.2. The molecule has 0 aliphatic carbocycles. The third-order valence-corrected chi connectivity index (χ3v) is 21.8. The van der Waals surface area contributed by atoms with Crippen molar-refractivity contribution in [2.45, 2.75) is 89.6 Å². The molecule has 0 unspecified atom stereocenters. The van der Waals surface area contributed by atoms with E-state index < -0.39 is 18.4 Å². The summed E-state index contributed by atoms with van der Waals surface area (Å²) < 4.78 is 4.26. The van der Waals surface area contributed by atoms with Crippen LogP contribution >= 0.6 is 0 Å². The standard InChI is InChI=1S/C9H11O.3C4H9.Sn/c10-8-4-7-9-5-2-1-3-6-9;3*1-3-4-2;/h1-3,5-6,8,10H,4,7H2;3*1,3-4H2,2H3;. The quantitative estimate of drug-likeness (QED) is 0.364. The Kier molecular flexibility index (Phi) is 11.3.